The van der Waals surface area contributed by atoms with Crippen LogP contribution < -0.4 is 14.8 Å². The first-order valence-corrected chi connectivity index (χ1v) is 9.65. The van der Waals surface area contributed by atoms with Crippen LogP contribution in [0.15, 0.2) is 54.6 Å². The Morgan fingerprint density at radius 3 is 2.18 bits per heavy atom. The Morgan fingerprint density at radius 1 is 0.964 bits per heavy atom. The van der Waals surface area contributed by atoms with Gasteiger partial charge in [0.05, 0.1) is 6.61 Å². The van der Waals surface area contributed by atoms with Crippen molar-refractivity contribution in [3.8, 4) is 11.5 Å². The summed E-state index contributed by atoms with van der Waals surface area (Å²) in [5.41, 5.74) is 0.657. The molecule has 1 fully saturated rings. The Kier molecular flexibility index (Phi) is 6.89. The standard InChI is InChI=1S/C22H26N2O4/c1-2-27-19-8-10-20(11-9-19)28-16-21(25)24-14-12-18(13-15-24)23-22(26)17-6-4-3-5-7-17/h3-11,18H,2,12-16H2,1H3,(H,23,26). The van der Waals surface area contributed by atoms with E-state index in [1.165, 1.54) is 0 Å². The number of likely N-dealkylation sites (tertiary alicyclic amines) is 1. The predicted octanol–water partition coefficient (Wildman–Crippen LogP) is 2.89. The van der Waals surface area contributed by atoms with Crippen molar-refractivity contribution in [1.82, 2.24) is 10.2 Å². The van der Waals surface area contributed by atoms with Gasteiger partial charge in [0.25, 0.3) is 11.8 Å². The molecule has 148 valence electrons. The summed E-state index contributed by atoms with van der Waals surface area (Å²) in [4.78, 5) is 26.4. The van der Waals surface area contributed by atoms with Crippen LogP contribution in [0, 0.1) is 0 Å². The van der Waals surface area contributed by atoms with Gasteiger partial charge in [-0.3, -0.25) is 9.59 Å². The van der Waals surface area contributed by atoms with Gasteiger partial charge in [-0.1, -0.05) is 18.2 Å². The fourth-order valence-corrected chi connectivity index (χ4v) is 3.17. The average Bonchev–Trinajstić information content (AvgIpc) is 2.74. The van der Waals surface area contributed by atoms with Gasteiger partial charge < -0.3 is 19.7 Å². The Labute approximate surface area is 165 Å². The van der Waals surface area contributed by atoms with E-state index in [-0.39, 0.29) is 24.5 Å². The summed E-state index contributed by atoms with van der Waals surface area (Å²) in [7, 11) is 0. The maximum absolute atomic E-state index is 12.4. The lowest BCUT2D eigenvalue weighted by Crippen LogP contribution is -2.47. The van der Waals surface area contributed by atoms with E-state index in [1.807, 2.05) is 37.3 Å². The first-order chi connectivity index (χ1) is 13.7. The van der Waals surface area contributed by atoms with Crippen LogP contribution in [0.25, 0.3) is 0 Å². The molecule has 0 aliphatic carbocycles. The molecule has 0 aromatic heterocycles. The summed E-state index contributed by atoms with van der Waals surface area (Å²) in [6.07, 6.45) is 1.49. The highest BCUT2D eigenvalue weighted by molar-refractivity contribution is 5.94. The summed E-state index contributed by atoms with van der Waals surface area (Å²) >= 11 is 0. The zero-order valence-corrected chi connectivity index (χ0v) is 16.1. The first-order valence-electron chi connectivity index (χ1n) is 9.65. The van der Waals surface area contributed by atoms with Crippen LogP contribution in [-0.2, 0) is 4.79 Å². The smallest absolute Gasteiger partial charge is 0.260 e. The molecule has 2 amide bonds. The number of carbonyl (C=O) groups excluding carboxylic acids is 2. The summed E-state index contributed by atoms with van der Waals surface area (Å²) < 4.78 is 11.0. The van der Waals surface area contributed by atoms with Crippen LogP contribution >= 0.6 is 0 Å². The lowest BCUT2D eigenvalue weighted by Gasteiger charge is -2.32. The number of hydrogen-bond donors (Lipinski definition) is 1. The second kappa shape index (κ2) is 9.78. The minimum atomic E-state index is -0.0655. The molecule has 6 nitrogen and oxygen atoms in total. The van der Waals surface area contributed by atoms with Crippen LogP contribution in [0.4, 0.5) is 0 Å². The highest BCUT2D eigenvalue weighted by atomic mass is 16.5. The molecule has 0 radical (unpaired) electrons. The molecule has 0 unspecified atom stereocenters. The third kappa shape index (κ3) is 5.49. The van der Waals surface area contributed by atoms with Gasteiger partial charge in [-0.05, 0) is 56.2 Å². The van der Waals surface area contributed by atoms with E-state index in [2.05, 4.69) is 5.32 Å². The number of piperidine rings is 1. The SMILES string of the molecule is CCOc1ccc(OCC(=O)N2CCC(NC(=O)c3ccccc3)CC2)cc1. The number of carbonyl (C=O) groups is 2. The molecule has 1 N–H and O–H groups in total. The quantitative estimate of drug-likeness (QED) is 0.800. The largest absolute Gasteiger partial charge is 0.494 e. The van der Waals surface area contributed by atoms with Crippen LogP contribution in [0.1, 0.15) is 30.1 Å². The highest BCUT2D eigenvalue weighted by Gasteiger charge is 2.24. The summed E-state index contributed by atoms with van der Waals surface area (Å²) in [5.74, 6) is 1.31. The van der Waals surface area contributed by atoms with Crippen molar-refractivity contribution in [2.75, 3.05) is 26.3 Å². The van der Waals surface area contributed by atoms with E-state index in [9.17, 15) is 9.59 Å². The van der Waals surface area contributed by atoms with Gasteiger partial charge in [-0.15, -0.1) is 0 Å². The molecule has 1 aliphatic rings. The Bertz CT molecular complexity index is 769. The van der Waals surface area contributed by atoms with Crippen molar-refractivity contribution < 1.29 is 19.1 Å². The molecule has 0 atom stereocenters. The van der Waals surface area contributed by atoms with Crippen molar-refractivity contribution in [3.05, 3.63) is 60.2 Å². The third-order valence-electron chi connectivity index (χ3n) is 4.72. The molecule has 3 rings (SSSR count). The topological polar surface area (TPSA) is 67.9 Å². The number of benzene rings is 2. The zero-order valence-electron chi connectivity index (χ0n) is 16.1. The van der Waals surface area contributed by atoms with Gasteiger partial charge in [0.1, 0.15) is 11.5 Å². The Morgan fingerprint density at radius 2 is 1.57 bits per heavy atom. The molecular formula is C22H26N2O4. The van der Waals surface area contributed by atoms with Gasteiger partial charge in [0.2, 0.25) is 0 Å². The minimum absolute atomic E-state index is 0.00895. The molecular weight excluding hydrogens is 356 g/mol. The molecule has 1 heterocycles. The molecule has 0 spiro atoms. The van der Waals surface area contributed by atoms with E-state index < -0.39 is 0 Å². The van der Waals surface area contributed by atoms with Crippen molar-refractivity contribution in [1.29, 1.82) is 0 Å². The Hall–Kier alpha value is -3.02. The van der Waals surface area contributed by atoms with Crippen LogP contribution in [-0.4, -0.2) is 49.1 Å². The van der Waals surface area contributed by atoms with E-state index in [0.717, 1.165) is 18.6 Å². The van der Waals surface area contributed by atoms with E-state index in [4.69, 9.17) is 9.47 Å². The maximum Gasteiger partial charge on any atom is 0.260 e. The number of amides is 2. The molecule has 2 aromatic rings. The second-order valence-electron chi connectivity index (χ2n) is 6.69. The summed E-state index contributed by atoms with van der Waals surface area (Å²) in [6, 6.07) is 16.5. The van der Waals surface area contributed by atoms with Crippen LogP contribution in [0.3, 0.4) is 0 Å². The molecule has 28 heavy (non-hydrogen) atoms. The van der Waals surface area contributed by atoms with Crippen molar-refractivity contribution in [3.63, 3.8) is 0 Å². The van der Waals surface area contributed by atoms with Gasteiger partial charge in [-0.25, -0.2) is 0 Å². The fourth-order valence-electron chi connectivity index (χ4n) is 3.17. The number of nitrogens with one attached hydrogen (secondary N) is 1. The van der Waals surface area contributed by atoms with Crippen LogP contribution in [0.5, 0.6) is 11.5 Å². The summed E-state index contributed by atoms with van der Waals surface area (Å²) in [5, 5.41) is 3.05. The van der Waals surface area contributed by atoms with Gasteiger partial charge in [0.15, 0.2) is 6.61 Å². The summed E-state index contributed by atoms with van der Waals surface area (Å²) in [6.45, 7) is 3.78. The predicted molar refractivity (Wildman–Crippen MR) is 107 cm³/mol. The third-order valence-corrected chi connectivity index (χ3v) is 4.72. The number of hydrogen-bond acceptors (Lipinski definition) is 4. The highest BCUT2D eigenvalue weighted by Crippen LogP contribution is 2.18. The number of ether oxygens (including phenoxy) is 2. The van der Waals surface area contributed by atoms with Crippen molar-refractivity contribution >= 4 is 11.8 Å². The lowest BCUT2D eigenvalue weighted by atomic mass is 10.0. The fraction of sp³-hybridized carbons (Fsp3) is 0.364. The normalized spacial score (nSPS) is 14.4. The number of nitrogens with zero attached hydrogens (tertiary/aromatic N) is 1. The molecule has 1 aliphatic heterocycles. The average molecular weight is 382 g/mol. The van der Waals surface area contributed by atoms with Crippen molar-refractivity contribution in [2.24, 2.45) is 0 Å². The second-order valence-corrected chi connectivity index (χ2v) is 6.69. The zero-order chi connectivity index (χ0) is 19.8. The molecule has 2 aromatic carbocycles. The van der Waals surface area contributed by atoms with Crippen LogP contribution in [0.2, 0.25) is 0 Å². The van der Waals surface area contributed by atoms with E-state index >= 15 is 0 Å². The first kappa shape index (κ1) is 19.7. The van der Waals surface area contributed by atoms with Gasteiger partial charge in [-0.2, -0.15) is 0 Å². The molecule has 0 bridgehead atoms. The maximum atomic E-state index is 12.4. The molecule has 6 heteroatoms. The van der Waals surface area contributed by atoms with Gasteiger partial charge in [0, 0.05) is 24.7 Å². The lowest BCUT2D eigenvalue weighted by molar-refractivity contribution is -0.134. The monoisotopic (exact) mass is 382 g/mol. The van der Waals surface area contributed by atoms with E-state index in [1.54, 1.807) is 29.2 Å². The molecule has 0 saturated carbocycles. The van der Waals surface area contributed by atoms with E-state index in [0.29, 0.717) is 31.0 Å². The van der Waals surface area contributed by atoms with Gasteiger partial charge >= 0.3 is 0 Å². The number of rotatable bonds is 7. The van der Waals surface area contributed by atoms with Crippen molar-refractivity contribution in [2.45, 2.75) is 25.8 Å². The molecule has 1 saturated heterocycles. The Balaban J connectivity index is 1.40. The minimum Gasteiger partial charge on any atom is -0.494 e.